The third-order valence-corrected chi connectivity index (χ3v) is 4.53. The quantitative estimate of drug-likeness (QED) is 0.875. The molecule has 9 heteroatoms. The summed E-state index contributed by atoms with van der Waals surface area (Å²) < 4.78 is 65.6. The van der Waals surface area contributed by atoms with Crippen molar-refractivity contribution in [2.75, 3.05) is 4.72 Å². The molecule has 2 aromatic rings. The molecule has 0 fully saturated rings. The van der Waals surface area contributed by atoms with Crippen LogP contribution in [0.2, 0.25) is 0 Å². The number of nitrogens with one attached hydrogen (secondary N) is 1. The average Bonchev–Trinajstić information content (AvgIpc) is 2.46. The average molecular weight is 359 g/mol. The first-order valence-electron chi connectivity index (χ1n) is 6.55. The number of alkyl halides is 3. The van der Waals surface area contributed by atoms with E-state index in [-0.39, 0.29) is 4.90 Å². The van der Waals surface area contributed by atoms with Gasteiger partial charge in [0, 0.05) is 0 Å². The Labute approximate surface area is 135 Å². The van der Waals surface area contributed by atoms with Crippen LogP contribution in [0.3, 0.4) is 0 Å². The summed E-state index contributed by atoms with van der Waals surface area (Å²) in [5.41, 5.74) is -1.93. The van der Waals surface area contributed by atoms with Crippen LogP contribution in [0.5, 0.6) is 0 Å². The molecule has 0 aromatic heterocycles. The van der Waals surface area contributed by atoms with Crippen molar-refractivity contribution in [3.05, 3.63) is 59.2 Å². The first-order valence-corrected chi connectivity index (χ1v) is 8.03. The summed E-state index contributed by atoms with van der Waals surface area (Å²) in [5.74, 6) is -1.55. The van der Waals surface area contributed by atoms with Crippen LogP contribution in [0.4, 0.5) is 18.9 Å². The van der Waals surface area contributed by atoms with Gasteiger partial charge in [0.05, 0.1) is 21.7 Å². The summed E-state index contributed by atoms with van der Waals surface area (Å²) in [5, 5.41) is 8.80. The molecule has 128 valence electrons. The van der Waals surface area contributed by atoms with Crippen molar-refractivity contribution in [3.8, 4) is 0 Å². The van der Waals surface area contributed by atoms with E-state index in [1.165, 1.54) is 24.3 Å². The minimum absolute atomic E-state index is 0.205. The van der Waals surface area contributed by atoms with Crippen LogP contribution in [-0.2, 0) is 16.2 Å². The molecule has 0 aliphatic carbocycles. The molecule has 2 rings (SSSR count). The maximum Gasteiger partial charge on any atom is 0.418 e. The minimum Gasteiger partial charge on any atom is -0.478 e. The zero-order valence-electron chi connectivity index (χ0n) is 12.3. The van der Waals surface area contributed by atoms with E-state index in [0.717, 1.165) is 17.7 Å². The molecule has 0 spiro atoms. The van der Waals surface area contributed by atoms with Crippen LogP contribution in [0.15, 0.2) is 47.4 Å². The summed E-state index contributed by atoms with van der Waals surface area (Å²) in [4.78, 5) is 10.6. The Balaban J connectivity index is 2.49. The van der Waals surface area contributed by atoms with Crippen LogP contribution in [0, 0.1) is 6.92 Å². The van der Waals surface area contributed by atoms with Gasteiger partial charge < -0.3 is 5.11 Å². The van der Waals surface area contributed by atoms with E-state index in [9.17, 15) is 26.4 Å². The maximum atomic E-state index is 13.1. The summed E-state index contributed by atoms with van der Waals surface area (Å²) in [6.45, 7) is 1.73. The number of aryl methyl sites for hydroxylation is 1. The number of carbonyl (C=O) groups is 1. The molecule has 5 nitrogen and oxygen atoms in total. The fourth-order valence-electron chi connectivity index (χ4n) is 1.92. The second kappa shape index (κ2) is 6.16. The molecule has 2 aromatic carbocycles. The van der Waals surface area contributed by atoms with Gasteiger partial charge in [0.1, 0.15) is 0 Å². The molecule has 2 N–H and O–H groups in total. The molecule has 0 saturated heterocycles. The summed E-state index contributed by atoms with van der Waals surface area (Å²) >= 11 is 0. The number of rotatable bonds is 4. The Bertz CT molecular complexity index is 875. The van der Waals surface area contributed by atoms with E-state index in [1.54, 1.807) is 6.92 Å². The highest BCUT2D eigenvalue weighted by atomic mass is 32.2. The van der Waals surface area contributed by atoms with Gasteiger partial charge in [0.15, 0.2) is 0 Å². The topological polar surface area (TPSA) is 83.5 Å². The number of hydrogen-bond acceptors (Lipinski definition) is 3. The lowest BCUT2D eigenvalue weighted by Crippen LogP contribution is -2.18. The number of sulfonamides is 1. The third kappa shape index (κ3) is 3.85. The van der Waals surface area contributed by atoms with Crippen molar-refractivity contribution in [2.45, 2.75) is 18.0 Å². The van der Waals surface area contributed by atoms with Gasteiger partial charge in [0.2, 0.25) is 0 Å². The molecule has 24 heavy (non-hydrogen) atoms. The molecule has 0 radical (unpaired) electrons. The lowest BCUT2D eigenvalue weighted by Gasteiger charge is -2.15. The molecule has 0 atom stereocenters. The number of anilines is 1. The zero-order chi connectivity index (χ0) is 18.1. The Morgan fingerprint density at radius 2 is 1.67 bits per heavy atom. The van der Waals surface area contributed by atoms with Crippen molar-refractivity contribution in [1.82, 2.24) is 0 Å². The van der Waals surface area contributed by atoms with Gasteiger partial charge in [0.25, 0.3) is 10.0 Å². The molecule has 0 saturated carbocycles. The van der Waals surface area contributed by atoms with E-state index in [4.69, 9.17) is 5.11 Å². The smallest absolute Gasteiger partial charge is 0.418 e. The summed E-state index contributed by atoms with van der Waals surface area (Å²) in [6, 6.07) is 7.59. The largest absolute Gasteiger partial charge is 0.478 e. The predicted octanol–water partition coefficient (Wildman–Crippen LogP) is 3.51. The molecule has 0 amide bonds. The molecule has 0 bridgehead atoms. The standard InChI is InChI=1S/C15H12F3NO4S/c1-9-2-5-11(6-3-9)24(22,23)19-13-7-4-10(14(20)21)8-12(13)15(16,17)18/h2-8,19H,1H3,(H,20,21). The molecule has 0 unspecified atom stereocenters. The van der Waals surface area contributed by atoms with E-state index >= 15 is 0 Å². The number of hydrogen-bond donors (Lipinski definition) is 2. The molecular formula is C15H12F3NO4S. The first kappa shape index (κ1) is 17.8. The monoisotopic (exact) mass is 359 g/mol. The molecular weight excluding hydrogens is 347 g/mol. The minimum atomic E-state index is -4.92. The van der Waals surface area contributed by atoms with Gasteiger partial charge in [-0.25, -0.2) is 13.2 Å². The number of carboxylic acids is 1. The van der Waals surface area contributed by atoms with E-state index in [0.29, 0.717) is 6.07 Å². The fourth-order valence-corrected chi connectivity index (χ4v) is 3.00. The Morgan fingerprint density at radius 3 is 2.17 bits per heavy atom. The number of aromatic carboxylic acids is 1. The third-order valence-electron chi connectivity index (χ3n) is 3.15. The molecule has 0 heterocycles. The van der Waals surface area contributed by atoms with Gasteiger partial charge in [-0.05, 0) is 37.3 Å². The Kier molecular flexibility index (Phi) is 4.57. The van der Waals surface area contributed by atoms with Crippen LogP contribution >= 0.6 is 0 Å². The van der Waals surface area contributed by atoms with Crippen molar-refractivity contribution < 1.29 is 31.5 Å². The van der Waals surface area contributed by atoms with Crippen molar-refractivity contribution in [3.63, 3.8) is 0 Å². The SMILES string of the molecule is Cc1ccc(S(=O)(=O)Nc2ccc(C(=O)O)cc2C(F)(F)F)cc1. The molecule has 0 aliphatic heterocycles. The predicted molar refractivity (Wildman–Crippen MR) is 80.4 cm³/mol. The van der Waals surface area contributed by atoms with E-state index < -0.39 is 39.0 Å². The number of benzene rings is 2. The van der Waals surface area contributed by atoms with Gasteiger partial charge in [-0.2, -0.15) is 13.2 Å². The second-order valence-corrected chi connectivity index (χ2v) is 6.66. The summed E-state index contributed by atoms with van der Waals surface area (Å²) in [7, 11) is -4.24. The van der Waals surface area contributed by atoms with Gasteiger partial charge in [-0.15, -0.1) is 0 Å². The lowest BCUT2D eigenvalue weighted by atomic mass is 10.1. The maximum absolute atomic E-state index is 13.1. The highest BCUT2D eigenvalue weighted by Gasteiger charge is 2.35. The van der Waals surface area contributed by atoms with Crippen LogP contribution < -0.4 is 4.72 Å². The zero-order valence-corrected chi connectivity index (χ0v) is 13.1. The Hall–Kier alpha value is -2.55. The van der Waals surface area contributed by atoms with Crippen LogP contribution in [-0.4, -0.2) is 19.5 Å². The van der Waals surface area contributed by atoms with E-state index in [2.05, 4.69) is 0 Å². The second-order valence-electron chi connectivity index (χ2n) is 4.98. The van der Waals surface area contributed by atoms with Crippen molar-refractivity contribution in [1.29, 1.82) is 0 Å². The van der Waals surface area contributed by atoms with Gasteiger partial charge >= 0.3 is 12.1 Å². The van der Waals surface area contributed by atoms with Crippen LogP contribution in [0.1, 0.15) is 21.5 Å². The van der Waals surface area contributed by atoms with Gasteiger partial charge in [-0.3, -0.25) is 4.72 Å². The van der Waals surface area contributed by atoms with Crippen LogP contribution in [0.25, 0.3) is 0 Å². The van der Waals surface area contributed by atoms with Crippen molar-refractivity contribution in [2.24, 2.45) is 0 Å². The Morgan fingerprint density at radius 1 is 1.08 bits per heavy atom. The number of halogens is 3. The molecule has 0 aliphatic rings. The normalized spacial score (nSPS) is 12.0. The number of carboxylic acid groups (broad SMARTS) is 1. The lowest BCUT2D eigenvalue weighted by molar-refractivity contribution is -0.136. The van der Waals surface area contributed by atoms with E-state index in [1.807, 2.05) is 4.72 Å². The highest BCUT2D eigenvalue weighted by Crippen LogP contribution is 2.36. The van der Waals surface area contributed by atoms with Gasteiger partial charge in [-0.1, -0.05) is 17.7 Å². The van der Waals surface area contributed by atoms with Crippen molar-refractivity contribution >= 4 is 21.7 Å². The summed E-state index contributed by atoms with van der Waals surface area (Å²) in [6.07, 6.45) is -4.92. The highest BCUT2D eigenvalue weighted by molar-refractivity contribution is 7.92. The fraction of sp³-hybridized carbons (Fsp3) is 0.133. The first-order chi connectivity index (χ1) is 11.0.